The quantitative estimate of drug-likeness (QED) is 0.429. The Balaban J connectivity index is 2.22. The van der Waals surface area contributed by atoms with Crippen LogP contribution in [0.3, 0.4) is 0 Å². The molecule has 6 heteroatoms. The Bertz CT molecular complexity index is 966. The molecule has 0 saturated carbocycles. The van der Waals surface area contributed by atoms with Crippen LogP contribution in [0.1, 0.15) is 13.8 Å². The summed E-state index contributed by atoms with van der Waals surface area (Å²) in [5.74, 6) is 0.702. The first kappa shape index (κ1) is 20.9. The van der Waals surface area contributed by atoms with Crippen LogP contribution in [0.5, 0.6) is 23.0 Å². The summed E-state index contributed by atoms with van der Waals surface area (Å²) in [5, 5.41) is 0. The molecule has 0 heterocycles. The molecular formula is C24H22O6. The summed E-state index contributed by atoms with van der Waals surface area (Å²) in [6.45, 7) is 2.60. The van der Waals surface area contributed by atoms with Gasteiger partial charge in [0.05, 0.1) is 14.2 Å². The maximum atomic E-state index is 11.9. The molecule has 0 unspecified atom stereocenters. The molecule has 3 aromatic carbocycles. The van der Waals surface area contributed by atoms with Gasteiger partial charge < -0.3 is 18.9 Å². The van der Waals surface area contributed by atoms with Crippen molar-refractivity contribution in [2.24, 2.45) is 0 Å². The van der Waals surface area contributed by atoms with Gasteiger partial charge in [0.1, 0.15) is 11.5 Å². The van der Waals surface area contributed by atoms with Gasteiger partial charge in [-0.05, 0) is 47.5 Å². The average molecular weight is 406 g/mol. The highest BCUT2D eigenvalue weighted by atomic mass is 16.6. The first-order valence-electron chi connectivity index (χ1n) is 9.25. The van der Waals surface area contributed by atoms with Crippen molar-refractivity contribution in [3.8, 4) is 45.3 Å². The number of hydrogen-bond donors (Lipinski definition) is 0. The van der Waals surface area contributed by atoms with Crippen molar-refractivity contribution >= 4 is 11.9 Å². The van der Waals surface area contributed by atoms with Gasteiger partial charge in [-0.25, -0.2) is 0 Å². The molecule has 0 aromatic heterocycles. The van der Waals surface area contributed by atoms with Crippen molar-refractivity contribution in [3.05, 3.63) is 60.7 Å². The zero-order chi connectivity index (χ0) is 21.7. The van der Waals surface area contributed by atoms with E-state index in [4.69, 9.17) is 18.9 Å². The van der Waals surface area contributed by atoms with Gasteiger partial charge in [0.25, 0.3) is 0 Å². The fourth-order valence-electron chi connectivity index (χ4n) is 3.05. The Morgan fingerprint density at radius 3 is 1.17 bits per heavy atom. The van der Waals surface area contributed by atoms with Crippen molar-refractivity contribution in [1.29, 1.82) is 0 Å². The van der Waals surface area contributed by atoms with E-state index in [1.165, 1.54) is 13.8 Å². The normalized spacial score (nSPS) is 10.3. The number of rotatable bonds is 6. The molecule has 154 valence electrons. The molecule has 0 aliphatic rings. The lowest BCUT2D eigenvalue weighted by Gasteiger charge is -2.18. The molecule has 0 saturated heterocycles. The Morgan fingerprint density at radius 1 is 0.567 bits per heavy atom. The predicted octanol–water partition coefficient (Wildman–Crippen LogP) is 4.89. The number of ether oxygens (including phenoxy) is 4. The van der Waals surface area contributed by atoms with Crippen molar-refractivity contribution in [3.63, 3.8) is 0 Å². The van der Waals surface area contributed by atoms with Crippen molar-refractivity contribution in [2.45, 2.75) is 13.8 Å². The Labute approximate surface area is 175 Å². The van der Waals surface area contributed by atoms with Gasteiger partial charge in [-0.1, -0.05) is 24.3 Å². The molecular weight excluding hydrogens is 384 g/mol. The largest absolute Gasteiger partial charge is 0.497 e. The van der Waals surface area contributed by atoms with Crippen LogP contribution in [0.25, 0.3) is 22.3 Å². The molecule has 3 rings (SSSR count). The van der Waals surface area contributed by atoms with E-state index in [0.29, 0.717) is 22.6 Å². The van der Waals surface area contributed by atoms with Crippen LogP contribution in [0, 0.1) is 0 Å². The standard InChI is InChI=1S/C24H22O6/c1-15(25)29-23-21(17-5-9-19(27-3)10-6-17)13-14-22(24(23)30-16(2)26)18-7-11-20(28-4)12-8-18/h5-14H,1-4H3. The maximum absolute atomic E-state index is 11.9. The molecule has 0 bridgehead atoms. The summed E-state index contributed by atoms with van der Waals surface area (Å²) in [5.41, 5.74) is 2.78. The average Bonchev–Trinajstić information content (AvgIpc) is 2.74. The second kappa shape index (κ2) is 9.13. The van der Waals surface area contributed by atoms with Gasteiger partial charge in [-0.2, -0.15) is 0 Å². The lowest BCUT2D eigenvalue weighted by molar-refractivity contribution is -0.134. The Kier molecular flexibility index (Phi) is 6.37. The van der Waals surface area contributed by atoms with Crippen LogP contribution in [0.2, 0.25) is 0 Å². The van der Waals surface area contributed by atoms with Crippen LogP contribution >= 0.6 is 0 Å². The Morgan fingerprint density at radius 2 is 0.900 bits per heavy atom. The first-order valence-corrected chi connectivity index (χ1v) is 9.25. The zero-order valence-electron chi connectivity index (χ0n) is 17.2. The third-order valence-electron chi connectivity index (χ3n) is 4.41. The highest BCUT2D eigenvalue weighted by Crippen LogP contribution is 2.45. The minimum Gasteiger partial charge on any atom is -0.497 e. The van der Waals surface area contributed by atoms with E-state index in [2.05, 4.69) is 0 Å². The molecule has 0 N–H and O–H groups in total. The van der Waals surface area contributed by atoms with Gasteiger partial charge in [0, 0.05) is 25.0 Å². The summed E-state index contributed by atoms with van der Waals surface area (Å²) < 4.78 is 21.5. The van der Waals surface area contributed by atoms with E-state index in [1.807, 2.05) is 36.4 Å². The van der Waals surface area contributed by atoms with Crippen LogP contribution in [-0.4, -0.2) is 26.2 Å². The summed E-state index contributed by atoms with van der Waals surface area (Å²) in [7, 11) is 3.17. The van der Waals surface area contributed by atoms with Crippen LogP contribution in [-0.2, 0) is 9.59 Å². The molecule has 0 amide bonds. The molecule has 3 aromatic rings. The van der Waals surface area contributed by atoms with Gasteiger partial charge in [0.2, 0.25) is 0 Å². The van der Waals surface area contributed by atoms with Gasteiger partial charge in [0.15, 0.2) is 11.5 Å². The first-order chi connectivity index (χ1) is 14.4. The van der Waals surface area contributed by atoms with E-state index in [0.717, 1.165) is 11.1 Å². The molecule has 0 fully saturated rings. The third kappa shape index (κ3) is 4.60. The molecule has 0 atom stereocenters. The summed E-state index contributed by atoms with van der Waals surface area (Å²) in [6, 6.07) is 18.2. The van der Waals surface area contributed by atoms with Crippen LogP contribution < -0.4 is 18.9 Å². The number of esters is 2. The smallest absolute Gasteiger partial charge is 0.308 e. The fourth-order valence-corrected chi connectivity index (χ4v) is 3.05. The zero-order valence-corrected chi connectivity index (χ0v) is 17.2. The SMILES string of the molecule is COc1ccc(-c2ccc(-c3ccc(OC)cc3)c(OC(C)=O)c2OC(C)=O)cc1. The summed E-state index contributed by atoms with van der Waals surface area (Å²) in [6.07, 6.45) is 0. The number of hydrogen-bond acceptors (Lipinski definition) is 6. The van der Waals surface area contributed by atoms with Gasteiger partial charge in [-0.15, -0.1) is 0 Å². The minimum absolute atomic E-state index is 0.177. The number of benzene rings is 3. The highest BCUT2D eigenvalue weighted by Gasteiger charge is 2.22. The lowest BCUT2D eigenvalue weighted by atomic mass is 9.97. The second-order valence-electron chi connectivity index (χ2n) is 6.46. The van der Waals surface area contributed by atoms with E-state index in [1.54, 1.807) is 38.5 Å². The number of carbonyl (C=O) groups excluding carboxylic acids is 2. The molecule has 0 radical (unpaired) electrons. The van der Waals surface area contributed by atoms with Crippen LogP contribution in [0.15, 0.2) is 60.7 Å². The van der Waals surface area contributed by atoms with E-state index >= 15 is 0 Å². The van der Waals surface area contributed by atoms with Crippen LogP contribution in [0.4, 0.5) is 0 Å². The minimum atomic E-state index is -0.523. The number of carbonyl (C=O) groups is 2. The monoisotopic (exact) mass is 406 g/mol. The van der Waals surface area contributed by atoms with E-state index in [-0.39, 0.29) is 11.5 Å². The molecule has 0 spiro atoms. The highest BCUT2D eigenvalue weighted by molar-refractivity contribution is 5.88. The summed E-state index contributed by atoms with van der Waals surface area (Å²) >= 11 is 0. The topological polar surface area (TPSA) is 71.1 Å². The second-order valence-corrected chi connectivity index (χ2v) is 6.46. The fraction of sp³-hybridized carbons (Fsp3) is 0.167. The molecule has 0 aliphatic heterocycles. The maximum Gasteiger partial charge on any atom is 0.308 e. The van der Waals surface area contributed by atoms with Crippen molar-refractivity contribution in [2.75, 3.05) is 14.2 Å². The third-order valence-corrected chi connectivity index (χ3v) is 4.41. The predicted molar refractivity (Wildman–Crippen MR) is 113 cm³/mol. The van der Waals surface area contributed by atoms with Gasteiger partial charge >= 0.3 is 11.9 Å². The molecule has 30 heavy (non-hydrogen) atoms. The lowest BCUT2D eigenvalue weighted by Crippen LogP contribution is -2.09. The van der Waals surface area contributed by atoms with Crippen molar-refractivity contribution in [1.82, 2.24) is 0 Å². The number of methoxy groups -OCH3 is 2. The van der Waals surface area contributed by atoms with Crippen molar-refractivity contribution < 1.29 is 28.5 Å². The van der Waals surface area contributed by atoms with Gasteiger partial charge in [-0.3, -0.25) is 9.59 Å². The molecule has 0 aliphatic carbocycles. The van der Waals surface area contributed by atoms with E-state index < -0.39 is 11.9 Å². The Hall–Kier alpha value is -3.80. The summed E-state index contributed by atoms with van der Waals surface area (Å²) in [4.78, 5) is 23.7. The molecule has 6 nitrogen and oxygen atoms in total. The van der Waals surface area contributed by atoms with E-state index in [9.17, 15) is 9.59 Å².